The van der Waals surface area contributed by atoms with Gasteiger partial charge in [-0.05, 0) is 97.1 Å². The summed E-state index contributed by atoms with van der Waals surface area (Å²) in [6.45, 7) is 6.37. The first kappa shape index (κ1) is 35.0. The predicted molar refractivity (Wildman–Crippen MR) is 236 cm³/mol. The Bertz CT molecular complexity index is 2720. The van der Waals surface area contributed by atoms with Gasteiger partial charge in [0.1, 0.15) is 5.84 Å². The van der Waals surface area contributed by atoms with Crippen molar-refractivity contribution in [1.29, 1.82) is 0 Å². The molecule has 0 saturated carbocycles. The first-order valence-corrected chi connectivity index (χ1v) is 18.6. The third kappa shape index (κ3) is 7.29. The van der Waals surface area contributed by atoms with Crippen molar-refractivity contribution in [3.8, 4) is 33.4 Å². The van der Waals surface area contributed by atoms with E-state index in [-0.39, 0.29) is 0 Å². The minimum atomic E-state index is 0.459. The maximum Gasteiger partial charge on any atom is 0.131 e. The molecule has 0 amide bonds. The van der Waals surface area contributed by atoms with E-state index in [1.54, 1.807) is 6.20 Å². The maximum atomic E-state index is 6.86. The second-order valence-electron chi connectivity index (χ2n) is 13.6. The van der Waals surface area contributed by atoms with Crippen molar-refractivity contribution in [1.82, 2.24) is 4.98 Å². The number of nitrogens with zero attached hydrogens (tertiary/aromatic N) is 2. The summed E-state index contributed by atoms with van der Waals surface area (Å²) in [6.07, 6.45) is 12.8. The summed E-state index contributed by atoms with van der Waals surface area (Å²) in [5.41, 5.74) is 19.9. The molecule has 0 aliphatic carbocycles. The van der Waals surface area contributed by atoms with Crippen LogP contribution in [0.15, 0.2) is 194 Å². The van der Waals surface area contributed by atoms with Crippen molar-refractivity contribution in [2.45, 2.75) is 13.3 Å². The number of hydrogen-bond acceptors (Lipinski definition) is 2. The molecular formula is C52H41N3. The zero-order valence-corrected chi connectivity index (χ0v) is 30.9. The van der Waals surface area contributed by atoms with Crippen LogP contribution in [0.2, 0.25) is 0 Å². The zero-order chi connectivity index (χ0) is 37.6. The van der Waals surface area contributed by atoms with Gasteiger partial charge in [-0.25, -0.2) is 4.99 Å². The number of rotatable bonds is 10. The van der Waals surface area contributed by atoms with Crippen LogP contribution >= 0.6 is 0 Å². The van der Waals surface area contributed by atoms with Crippen LogP contribution in [0, 0.1) is 0 Å². The quantitative estimate of drug-likeness (QED) is 0.114. The molecule has 0 fully saturated rings. The van der Waals surface area contributed by atoms with Crippen molar-refractivity contribution in [2.75, 3.05) is 0 Å². The van der Waals surface area contributed by atoms with Crippen LogP contribution < -0.4 is 5.73 Å². The fraction of sp³-hybridized carbons (Fsp3) is 0.0385. The van der Waals surface area contributed by atoms with Crippen molar-refractivity contribution >= 4 is 45.2 Å². The lowest BCUT2D eigenvalue weighted by Crippen LogP contribution is -2.13. The van der Waals surface area contributed by atoms with Gasteiger partial charge in [0.25, 0.3) is 0 Å². The second kappa shape index (κ2) is 15.9. The molecule has 3 heteroatoms. The van der Waals surface area contributed by atoms with Gasteiger partial charge in [-0.1, -0.05) is 176 Å². The normalized spacial score (nSPS) is 12.1. The number of fused-ring (bicyclic) bond motifs is 2. The molecule has 55 heavy (non-hydrogen) atoms. The predicted octanol–water partition coefficient (Wildman–Crippen LogP) is 13.1. The highest BCUT2D eigenvalue weighted by atomic mass is 14.9. The largest absolute Gasteiger partial charge is 0.383 e. The Labute approximate surface area is 323 Å². The van der Waals surface area contributed by atoms with E-state index in [0.717, 1.165) is 55.6 Å². The average Bonchev–Trinajstić information content (AvgIpc) is 3.25. The molecule has 0 radical (unpaired) electrons. The van der Waals surface area contributed by atoms with Crippen LogP contribution in [-0.4, -0.2) is 10.8 Å². The summed E-state index contributed by atoms with van der Waals surface area (Å²) in [4.78, 5) is 9.37. The van der Waals surface area contributed by atoms with Gasteiger partial charge in [0, 0.05) is 23.5 Å². The molecule has 0 bridgehead atoms. The lowest BCUT2D eigenvalue weighted by Gasteiger charge is -2.20. The topological polar surface area (TPSA) is 51.3 Å². The highest BCUT2D eigenvalue weighted by Gasteiger charge is 2.19. The minimum absolute atomic E-state index is 0.459. The monoisotopic (exact) mass is 707 g/mol. The van der Waals surface area contributed by atoms with Gasteiger partial charge in [-0.15, -0.1) is 0 Å². The van der Waals surface area contributed by atoms with Gasteiger partial charge in [-0.2, -0.15) is 0 Å². The molecule has 0 aliphatic heterocycles. The molecule has 3 nitrogen and oxygen atoms in total. The number of hydrogen-bond donors (Lipinski definition) is 1. The van der Waals surface area contributed by atoms with Crippen LogP contribution in [0.1, 0.15) is 34.7 Å². The number of aromatic nitrogens is 1. The number of allylic oxidation sites excluding steroid dienone is 2. The highest BCUT2D eigenvalue weighted by molar-refractivity contribution is 6.12. The Morgan fingerprint density at radius 1 is 0.618 bits per heavy atom. The molecule has 8 rings (SSSR count). The summed E-state index contributed by atoms with van der Waals surface area (Å²) in [7, 11) is 0. The molecule has 7 aromatic carbocycles. The number of pyridine rings is 1. The highest BCUT2D eigenvalue weighted by Crippen LogP contribution is 2.43. The van der Waals surface area contributed by atoms with Crippen LogP contribution in [0.5, 0.6) is 0 Å². The lowest BCUT2D eigenvalue weighted by atomic mass is 9.83. The smallest absolute Gasteiger partial charge is 0.131 e. The Hall–Kier alpha value is -7.10. The Balaban J connectivity index is 1.17. The van der Waals surface area contributed by atoms with Gasteiger partial charge in [-0.3, -0.25) is 4.98 Å². The van der Waals surface area contributed by atoms with E-state index in [0.29, 0.717) is 12.3 Å². The van der Waals surface area contributed by atoms with Crippen LogP contribution in [0.4, 0.5) is 0 Å². The summed E-state index contributed by atoms with van der Waals surface area (Å²) in [5, 5.41) is 4.72. The first-order valence-electron chi connectivity index (χ1n) is 18.6. The first-order chi connectivity index (χ1) is 27.1. The standard InChI is InChI=1S/C52H41N3/c1-3-13-46-45(4-2)50(47-19-10-11-20-48(47)51(46)39-15-6-5-7-16-39)40-27-29-41(30-28-40)52(53)55-49(43-31-26-37-14-8-9-17-42(37)34-43)32-23-36-21-24-38(25-22-36)44-18-12-33-54-35-44/h3-22,24-35H,2,23H2,1H3,(H2,53,55)/b13-3-,49-32-. The van der Waals surface area contributed by atoms with Crippen molar-refractivity contribution in [2.24, 2.45) is 10.7 Å². The van der Waals surface area contributed by atoms with Crippen LogP contribution in [-0.2, 0) is 6.42 Å². The van der Waals surface area contributed by atoms with Crippen LogP contribution in [0.3, 0.4) is 0 Å². The van der Waals surface area contributed by atoms with E-state index < -0.39 is 0 Å². The average molecular weight is 708 g/mol. The Morgan fingerprint density at radius 2 is 1.24 bits per heavy atom. The van der Waals surface area contributed by atoms with Gasteiger partial charge in [0.15, 0.2) is 0 Å². The van der Waals surface area contributed by atoms with Crippen molar-refractivity contribution in [3.63, 3.8) is 0 Å². The van der Waals surface area contributed by atoms with Gasteiger partial charge in [0.2, 0.25) is 0 Å². The van der Waals surface area contributed by atoms with Gasteiger partial charge < -0.3 is 5.73 Å². The Morgan fingerprint density at radius 3 is 1.93 bits per heavy atom. The number of benzene rings is 7. The molecule has 0 unspecified atom stereocenters. The van der Waals surface area contributed by atoms with Gasteiger partial charge in [0.05, 0.1) is 5.70 Å². The SMILES string of the molecule is C=Cc1c(/C=C\C)c(-c2ccccc2)c2ccccc2c1-c1ccc(/C(N)=N/C(=C\Cc2ccc(-c3cccnc3)cc2)c2ccc3ccccc3c2)cc1. The second-order valence-corrected chi connectivity index (χ2v) is 13.6. The number of aliphatic imine (C=N–C) groups is 1. The van der Waals surface area contributed by atoms with E-state index in [1.165, 1.54) is 32.8 Å². The third-order valence-electron chi connectivity index (χ3n) is 10.1. The van der Waals surface area contributed by atoms with E-state index in [1.807, 2.05) is 18.3 Å². The number of nitrogens with two attached hydrogens (primary N) is 1. The van der Waals surface area contributed by atoms with Crippen molar-refractivity contribution in [3.05, 3.63) is 217 Å². The molecule has 0 atom stereocenters. The fourth-order valence-electron chi connectivity index (χ4n) is 7.42. The van der Waals surface area contributed by atoms with Gasteiger partial charge >= 0.3 is 0 Å². The molecule has 0 saturated heterocycles. The molecular weight excluding hydrogens is 667 g/mol. The maximum absolute atomic E-state index is 6.86. The lowest BCUT2D eigenvalue weighted by molar-refractivity contribution is 1.26. The summed E-state index contributed by atoms with van der Waals surface area (Å²) in [6, 6.07) is 55.2. The molecule has 264 valence electrons. The van der Waals surface area contributed by atoms with E-state index in [9.17, 15) is 0 Å². The number of amidine groups is 1. The Kier molecular flexibility index (Phi) is 10.1. The molecule has 2 N–H and O–H groups in total. The third-order valence-corrected chi connectivity index (χ3v) is 10.1. The van der Waals surface area contributed by atoms with E-state index in [4.69, 9.17) is 10.7 Å². The summed E-state index contributed by atoms with van der Waals surface area (Å²) >= 11 is 0. The molecule has 1 heterocycles. The molecule has 0 spiro atoms. The molecule has 0 aliphatic rings. The minimum Gasteiger partial charge on any atom is -0.383 e. The van der Waals surface area contributed by atoms with E-state index in [2.05, 4.69) is 188 Å². The van der Waals surface area contributed by atoms with Crippen LogP contribution in [0.25, 0.3) is 72.8 Å². The van der Waals surface area contributed by atoms with E-state index >= 15 is 0 Å². The zero-order valence-electron chi connectivity index (χ0n) is 30.9. The fourth-order valence-corrected chi connectivity index (χ4v) is 7.42. The van der Waals surface area contributed by atoms with Crippen molar-refractivity contribution < 1.29 is 0 Å². The molecule has 1 aromatic heterocycles. The summed E-state index contributed by atoms with van der Waals surface area (Å²) < 4.78 is 0. The molecule has 8 aromatic rings. The summed E-state index contributed by atoms with van der Waals surface area (Å²) in [5.74, 6) is 0.459.